The maximum Gasteiger partial charge on any atom is 0.421 e. The van der Waals surface area contributed by atoms with E-state index < -0.39 is 37.7 Å². The van der Waals surface area contributed by atoms with Crippen molar-refractivity contribution in [3.63, 3.8) is 0 Å². The van der Waals surface area contributed by atoms with E-state index in [0.717, 1.165) is 12.8 Å². The van der Waals surface area contributed by atoms with Crippen molar-refractivity contribution in [3.8, 4) is 0 Å². The Morgan fingerprint density at radius 3 is 2.39 bits per heavy atom. The number of sulfone groups is 1. The van der Waals surface area contributed by atoms with Gasteiger partial charge in [0.2, 0.25) is 10.0 Å². The van der Waals surface area contributed by atoms with Gasteiger partial charge < -0.3 is 10.0 Å². The fraction of sp³-hybridized carbons (Fsp3) is 0.593. The quantitative estimate of drug-likeness (QED) is 0.458. The molecule has 2 aliphatic heterocycles. The van der Waals surface area contributed by atoms with E-state index in [-0.39, 0.29) is 53.6 Å². The Labute approximate surface area is 244 Å². The Bertz CT molecular complexity index is 1450. The molecule has 14 heteroatoms. The fourth-order valence-corrected chi connectivity index (χ4v) is 9.61. The van der Waals surface area contributed by atoms with Gasteiger partial charge in [0.05, 0.1) is 22.5 Å². The number of anilines is 1. The normalized spacial score (nSPS) is 27.9. The van der Waals surface area contributed by atoms with Crippen LogP contribution in [0.25, 0.3) is 0 Å². The molecule has 1 aromatic rings. The van der Waals surface area contributed by atoms with Crippen molar-refractivity contribution in [1.82, 2.24) is 9.21 Å². The van der Waals surface area contributed by atoms with Crippen molar-refractivity contribution in [2.75, 3.05) is 49.1 Å². The van der Waals surface area contributed by atoms with Crippen LogP contribution >= 0.6 is 12.2 Å². The van der Waals surface area contributed by atoms with Gasteiger partial charge >= 0.3 is 6.18 Å². The van der Waals surface area contributed by atoms with Crippen LogP contribution in [0, 0.1) is 5.92 Å². The molecule has 4 aliphatic rings. The summed E-state index contributed by atoms with van der Waals surface area (Å²) in [5.41, 5.74) is -2.72. The molecule has 0 unspecified atom stereocenters. The largest absolute Gasteiger partial charge is 0.421 e. The number of piperazine rings is 1. The van der Waals surface area contributed by atoms with Crippen molar-refractivity contribution in [2.45, 2.75) is 50.0 Å². The third-order valence-corrected chi connectivity index (χ3v) is 12.7. The molecule has 2 heterocycles. The van der Waals surface area contributed by atoms with Crippen LogP contribution in [-0.4, -0.2) is 98.5 Å². The molecule has 41 heavy (non-hydrogen) atoms. The summed E-state index contributed by atoms with van der Waals surface area (Å²) in [6.07, 6.45) is 2.38. The lowest BCUT2D eigenvalue weighted by Crippen LogP contribution is -2.61. The molecule has 0 spiro atoms. The number of allylic oxidation sites excluding steroid dienone is 4. The summed E-state index contributed by atoms with van der Waals surface area (Å²) in [4.78, 5) is 4.55. The minimum atomic E-state index is -4.85. The Morgan fingerprint density at radius 1 is 1.10 bits per heavy atom. The Balaban J connectivity index is 1.44. The van der Waals surface area contributed by atoms with Gasteiger partial charge in [0, 0.05) is 55.7 Å². The van der Waals surface area contributed by atoms with E-state index in [2.05, 4.69) is 4.90 Å². The van der Waals surface area contributed by atoms with Gasteiger partial charge in [-0.3, -0.25) is 4.90 Å². The summed E-state index contributed by atoms with van der Waals surface area (Å²) in [7, 11) is -7.06. The smallest absolute Gasteiger partial charge is 0.376 e. The summed E-state index contributed by atoms with van der Waals surface area (Å²) >= 11 is 5.34. The van der Waals surface area contributed by atoms with E-state index in [1.165, 1.54) is 34.6 Å². The summed E-state index contributed by atoms with van der Waals surface area (Å²) in [6.45, 7) is 1.97. The molecule has 0 bridgehead atoms. The van der Waals surface area contributed by atoms with Crippen LogP contribution in [0.2, 0.25) is 0 Å². The number of sulfonamides is 1. The second-order valence-electron chi connectivity index (χ2n) is 11.4. The minimum Gasteiger partial charge on any atom is -0.376 e. The first-order valence-electron chi connectivity index (χ1n) is 13.6. The number of halogens is 3. The van der Waals surface area contributed by atoms with Crippen molar-refractivity contribution in [3.05, 3.63) is 53.0 Å². The lowest BCUT2D eigenvalue weighted by molar-refractivity contribution is -0.258. The second-order valence-corrected chi connectivity index (χ2v) is 16.1. The molecule has 8 nitrogen and oxygen atoms in total. The molecule has 0 aromatic heterocycles. The number of alkyl halides is 3. The van der Waals surface area contributed by atoms with E-state index in [1.54, 1.807) is 12.2 Å². The first-order valence-corrected chi connectivity index (χ1v) is 17.3. The van der Waals surface area contributed by atoms with Crippen molar-refractivity contribution in [1.29, 1.82) is 0 Å². The van der Waals surface area contributed by atoms with Crippen LogP contribution in [0.1, 0.15) is 31.7 Å². The number of hydrogen-bond donors (Lipinski definition) is 1. The van der Waals surface area contributed by atoms with Crippen molar-refractivity contribution < 1.29 is 35.1 Å². The molecular weight excluding hydrogens is 600 g/mol. The highest BCUT2D eigenvalue weighted by molar-refractivity contribution is 7.96. The van der Waals surface area contributed by atoms with Crippen LogP contribution in [0.3, 0.4) is 0 Å². The lowest BCUT2D eigenvalue weighted by Gasteiger charge is -2.46. The van der Waals surface area contributed by atoms with Crippen LogP contribution in [-0.2, 0) is 25.5 Å². The molecule has 226 valence electrons. The summed E-state index contributed by atoms with van der Waals surface area (Å²) < 4.78 is 93.8. The zero-order valence-corrected chi connectivity index (χ0v) is 25.1. The monoisotopic (exact) mass is 633 g/mol. The molecular formula is C27H34F3N3O5S3. The topological polar surface area (TPSA) is 98.2 Å². The molecule has 0 amide bonds. The van der Waals surface area contributed by atoms with Gasteiger partial charge in [-0.05, 0) is 49.5 Å². The van der Waals surface area contributed by atoms with Crippen molar-refractivity contribution in [2.24, 2.45) is 5.92 Å². The number of hydrogen-bond acceptors (Lipinski definition) is 8. The predicted octanol–water partition coefficient (Wildman–Crippen LogP) is 3.00. The van der Waals surface area contributed by atoms with Gasteiger partial charge in [0.25, 0.3) is 0 Å². The third-order valence-electron chi connectivity index (χ3n) is 8.53. The number of aliphatic hydroxyl groups is 1. The number of thiocarbonyl (C=S) groups is 1. The summed E-state index contributed by atoms with van der Waals surface area (Å²) in [5.74, 6) is 0.378. The zero-order valence-electron chi connectivity index (χ0n) is 22.6. The maximum absolute atomic E-state index is 13.6. The molecule has 5 rings (SSSR count). The molecule has 3 atom stereocenters. The molecule has 2 aliphatic carbocycles. The van der Waals surface area contributed by atoms with E-state index in [9.17, 15) is 35.1 Å². The molecule has 2 saturated heterocycles. The van der Waals surface area contributed by atoms with Gasteiger partial charge in [-0.2, -0.15) is 17.5 Å². The van der Waals surface area contributed by atoms with E-state index in [1.807, 2.05) is 4.90 Å². The first kappa shape index (κ1) is 30.6. The SMILES string of the molecule is C[C@@](O)(c1ccc(N2CCN(S(=O)(=O)C3=CC=CCC3=S)C[C@@H]2CN2CCS(=O)(=O)C[C@@H]2C2CC2)cc1)C(F)(F)F. The minimum absolute atomic E-state index is 0.0274. The third kappa shape index (κ3) is 6.28. The van der Waals surface area contributed by atoms with Crippen LogP contribution in [0.5, 0.6) is 0 Å². The standard InChI is InChI=1S/C27H34F3N3O5S3/c1-26(34,27(28,29)30)20-8-10-21(11-9-20)33-13-12-32(41(37,38)25-5-3-2-4-24(25)39)17-22(33)16-31-14-15-40(35,36)18-23(31)19-6-7-19/h2-3,5,8-11,19,22-23,34H,4,6-7,12-18H2,1H3/t22-,23+,26+/m0/s1. The van der Waals surface area contributed by atoms with Crippen LogP contribution in [0.15, 0.2) is 47.4 Å². The van der Waals surface area contributed by atoms with E-state index in [0.29, 0.717) is 37.0 Å². The van der Waals surface area contributed by atoms with Gasteiger partial charge in [0.1, 0.15) is 0 Å². The average Bonchev–Trinajstić information content (AvgIpc) is 3.75. The van der Waals surface area contributed by atoms with Crippen molar-refractivity contribution >= 4 is 42.6 Å². The van der Waals surface area contributed by atoms with E-state index >= 15 is 0 Å². The molecule has 1 aromatic carbocycles. The molecule has 0 radical (unpaired) electrons. The second kappa shape index (κ2) is 11.0. The Kier molecular flexibility index (Phi) is 8.23. The highest BCUT2D eigenvalue weighted by atomic mass is 32.2. The number of benzene rings is 1. The van der Waals surface area contributed by atoms with Crippen LogP contribution < -0.4 is 4.90 Å². The highest BCUT2D eigenvalue weighted by Crippen LogP contribution is 2.40. The predicted molar refractivity (Wildman–Crippen MR) is 155 cm³/mol. The molecule has 1 N–H and O–H groups in total. The van der Waals surface area contributed by atoms with Gasteiger partial charge in [-0.25, -0.2) is 16.8 Å². The number of rotatable bonds is 7. The number of nitrogens with zero attached hydrogens (tertiary/aromatic N) is 3. The maximum atomic E-state index is 13.6. The summed E-state index contributed by atoms with van der Waals surface area (Å²) in [6, 6.07) is 4.95. The fourth-order valence-electron chi connectivity index (χ4n) is 5.86. The van der Waals surface area contributed by atoms with Gasteiger partial charge in [-0.15, -0.1) is 0 Å². The van der Waals surface area contributed by atoms with Crippen LogP contribution in [0.4, 0.5) is 18.9 Å². The zero-order chi connectivity index (χ0) is 29.8. The molecule has 3 fully saturated rings. The van der Waals surface area contributed by atoms with Gasteiger partial charge in [0.15, 0.2) is 15.4 Å². The van der Waals surface area contributed by atoms with Gasteiger partial charge in [-0.1, -0.05) is 36.5 Å². The Hall–Kier alpha value is -1.84. The Morgan fingerprint density at radius 2 is 1.78 bits per heavy atom. The summed E-state index contributed by atoms with van der Waals surface area (Å²) in [5, 5.41) is 10.1. The molecule has 1 saturated carbocycles. The highest BCUT2D eigenvalue weighted by Gasteiger charge is 2.51. The lowest BCUT2D eigenvalue weighted by atomic mass is 9.95. The first-order chi connectivity index (χ1) is 19.1. The van der Waals surface area contributed by atoms with E-state index in [4.69, 9.17) is 12.2 Å². The average molecular weight is 634 g/mol.